The third kappa shape index (κ3) is 1.08. The number of nitrogens with zero attached hydrogens (tertiary/aromatic N) is 1. The molecule has 0 aliphatic carbocycles. The van der Waals surface area contributed by atoms with Gasteiger partial charge in [0.25, 0.3) is 0 Å². The Morgan fingerprint density at radius 3 is 3.33 bits per heavy atom. The number of nitrogens with one attached hydrogen (secondary N) is 2. The van der Waals surface area contributed by atoms with Gasteiger partial charge in [-0.15, -0.1) is 0 Å². The van der Waals surface area contributed by atoms with Crippen LogP contribution in [0.25, 0.3) is 0 Å². The van der Waals surface area contributed by atoms with Crippen LogP contribution in [0.2, 0.25) is 0 Å². The SMILES string of the molecule is NC1CCc2cn[nH]c2NC1=O. The molecule has 5 heteroatoms. The largest absolute Gasteiger partial charge is 0.320 e. The molecular weight excluding hydrogens is 156 g/mol. The van der Waals surface area contributed by atoms with E-state index in [2.05, 4.69) is 15.5 Å². The fourth-order valence-electron chi connectivity index (χ4n) is 1.27. The summed E-state index contributed by atoms with van der Waals surface area (Å²) in [5, 5.41) is 9.21. The van der Waals surface area contributed by atoms with Crippen LogP contribution in [0.5, 0.6) is 0 Å². The number of anilines is 1. The van der Waals surface area contributed by atoms with E-state index in [0.29, 0.717) is 12.2 Å². The maximum absolute atomic E-state index is 11.2. The van der Waals surface area contributed by atoms with Crippen molar-refractivity contribution in [3.63, 3.8) is 0 Å². The highest BCUT2D eigenvalue weighted by Gasteiger charge is 2.20. The normalized spacial score (nSPS) is 22.8. The quantitative estimate of drug-likeness (QED) is 0.491. The number of aryl methyl sites for hydroxylation is 1. The Bertz CT molecular complexity index is 306. The number of aromatic nitrogens is 2. The third-order valence-electron chi connectivity index (χ3n) is 2.03. The molecule has 0 fully saturated rings. The number of H-pyrrole nitrogens is 1. The van der Waals surface area contributed by atoms with Crippen molar-refractivity contribution in [2.24, 2.45) is 5.73 Å². The number of aromatic amines is 1. The molecule has 0 spiro atoms. The Morgan fingerprint density at radius 1 is 1.67 bits per heavy atom. The van der Waals surface area contributed by atoms with Gasteiger partial charge in [0.2, 0.25) is 5.91 Å². The molecule has 5 nitrogen and oxygen atoms in total. The zero-order valence-corrected chi connectivity index (χ0v) is 6.50. The average molecular weight is 166 g/mol. The summed E-state index contributed by atoms with van der Waals surface area (Å²) >= 11 is 0. The van der Waals surface area contributed by atoms with E-state index in [9.17, 15) is 4.79 Å². The zero-order valence-electron chi connectivity index (χ0n) is 6.50. The summed E-state index contributed by atoms with van der Waals surface area (Å²) in [4.78, 5) is 11.2. The van der Waals surface area contributed by atoms with Crippen LogP contribution in [-0.4, -0.2) is 22.1 Å². The number of rotatable bonds is 0. The van der Waals surface area contributed by atoms with Crippen molar-refractivity contribution in [2.75, 3.05) is 5.32 Å². The summed E-state index contributed by atoms with van der Waals surface area (Å²) in [7, 11) is 0. The highest BCUT2D eigenvalue weighted by molar-refractivity contribution is 5.95. The fraction of sp³-hybridized carbons (Fsp3) is 0.429. The molecule has 1 atom stereocenters. The topological polar surface area (TPSA) is 83.8 Å². The average Bonchev–Trinajstić information content (AvgIpc) is 2.43. The molecule has 1 aromatic heterocycles. The van der Waals surface area contributed by atoms with E-state index in [4.69, 9.17) is 5.73 Å². The maximum atomic E-state index is 11.2. The fourth-order valence-corrected chi connectivity index (χ4v) is 1.27. The highest BCUT2D eigenvalue weighted by Crippen LogP contribution is 2.17. The monoisotopic (exact) mass is 166 g/mol. The van der Waals surface area contributed by atoms with Gasteiger partial charge in [-0.3, -0.25) is 9.89 Å². The standard InChI is InChI=1S/C7H10N4O/c8-5-2-1-4-3-9-11-6(4)10-7(5)12/h3,5H,1-2,8H2,(H2,9,10,11,12). The number of carbonyl (C=O) groups is 1. The highest BCUT2D eigenvalue weighted by atomic mass is 16.2. The molecule has 2 rings (SSSR count). The van der Waals surface area contributed by atoms with Gasteiger partial charge >= 0.3 is 0 Å². The first-order valence-corrected chi connectivity index (χ1v) is 3.86. The molecule has 4 N–H and O–H groups in total. The maximum Gasteiger partial charge on any atom is 0.242 e. The zero-order chi connectivity index (χ0) is 8.55. The molecular formula is C7H10N4O. The minimum absolute atomic E-state index is 0.141. The lowest BCUT2D eigenvalue weighted by Gasteiger charge is -2.04. The number of hydrogen-bond acceptors (Lipinski definition) is 3. The van der Waals surface area contributed by atoms with Crippen LogP contribution in [0.4, 0.5) is 5.82 Å². The molecule has 0 bridgehead atoms. The summed E-state index contributed by atoms with van der Waals surface area (Å²) < 4.78 is 0. The summed E-state index contributed by atoms with van der Waals surface area (Å²) in [6.45, 7) is 0. The van der Waals surface area contributed by atoms with Crippen molar-refractivity contribution in [2.45, 2.75) is 18.9 Å². The number of amides is 1. The molecule has 1 amide bonds. The molecule has 1 aliphatic rings. The predicted octanol–water partition coefficient (Wildman–Crippen LogP) is -0.378. The van der Waals surface area contributed by atoms with E-state index < -0.39 is 6.04 Å². The minimum atomic E-state index is -0.397. The first-order valence-electron chi connectivity index (χ1n) is 3.86. The van der Waals surface area contributed by atoms with Gasteiger partial charge in [0, 0.05) is 5.56 Å². The van der Waals surface area contributed by atoms with Gasteiger partial charge in [-0.25, -0.2) is 0 Å². The number of fused-ring (bicyclic) bond motifs is 1. The first kappa shape index (κ1) is 7.30. The minimum Gasteiger partial charge on any atom is -0.320 e. The number of hydrogen-bond donors (Lipinski definition) is 3. The molecule has 1 unspecified atom stereocenters. The Balaban J connectivity index is 2.30. The molecule has 0 saturated heterocycles. The molecule has 0 radical (unpaired) electrons. The van der Waals surface area contributed by atoms with Crippen molar-refractivity contribution in [3.8, 4) is 0 Å². The lowest BCUT2D eigenvalue weighted by molar-refractivity contribution is -0.117. The van der Waals surface area contributed by atoms with E-state index >= 15 is 0 Å². The molecule has 64 valence electrons. The van der Waals surface area contributed by atoms with Crippen LogP contribution >= 0.6 is 0 Å². The van der Waals surface area contributed by atoms with Gasteiger partial charge in [-0.1, -0.05) is 0 Å². The van der Waals surface area contributed by atoms with Crippen molar-refractivity contribution >= 4 is 11.7 Å². The summed E-state index contributed by atoms with van der Waals surface area (Å²) in [6.07, 6.45) is 3.19. The second kappa shape index (κ2) is 2.60. The van der Waals surface area contributed by atoms with Gasteiger partial charge < -0.3 is 11.1 Å². The van der Waals surface area contributed by atoms with E-state index in [0.717, 1.165) is 12.0 Å². The molecule has 2 heterocycles. The van der Waals surface area contributed by atoms with Crippen LogP contribution in [0.15, 0.2) is 6.20 Å². The van der Waals surface area contributed by atoms with Crippen LogP contribution in [0.1, 0.15) is 12.0 Å². The number of carbonyl (C=O) groups excluding carboxylic acids is 1. The van der Waals surface area contributed by atoms with Crippen molar-refractivity contribution in [1.29, 1.82) is 0 Å². The van der Waals surface area contributed by atoms with Gasteiger partial charge in [-0.2, -0.15) is 5.10 Å². The van der Waals surface area contributed by atoms with E-state index in [1.165, 1.54) is 0 Å². The molecule has 0 saturated carbocycles. The van der Waals surface area contributed by atoms with Crippen molar-refractivity contribution in [3.05, 3.63) is 11.8 Å². The predicted molar refractivity (Wildman–Crippen MR) is 43.5 cm³/mol. The van der Waals surface area contributed by atoms with Gasteiger partial charge in [-0.05, 0) is 12.8 Å². The third-order valence-corrected chi connectivity index (χ3v) is 2.03. The number of nitrogens with two attached hydrogens (primary N) is 1. The Kier molecular flexibility index (Phi) is 1.58. The van der Waals surface area contributed by atoms with Gasteiger partial charge in [0.05, 0.1) is 12.2 Å². The molecule has 1 aromatic rings. The van der Waals surface area contributed by atoms with E-state index in [-0.39, 0.29) is 5.91 Å². The summed E-state index contributed by atoms with van der Waals surface area (Å²) in [6, 6.07) is -0.397. The second-order valence-electron chi connectivity index (χ2n) is 2.90. The van der Waals surface area contributed by atoms with Crippen molar-refractivity contribution in [1.82, 2.24) is 10.2 Å². The molecule has 1 aliphatic heterocycles. The second-order valence-corrected chi connectivity index (χ2v) is 2.90. The van der Waals surface area contributed by atoms with E-state index in [1.54, 1.807) is 6.20 Å². The van der Waals surface area contributed by atoms with Crippen LogP contribution in [0.3, 0.4) is 0 Å². The van der Waals surface area contributed by atoms with Crippen molar-refractivity contribution < 1.29 is 4.79 Å². The molecule has 0 aromatic carbocycles. The first-order chi connectivity index (χ1) is 5.77. The van der Waals surface area contributed by atoms with Crippen LogP contribution in [0, 0.1) is 0 Å². The van der Waals surface area contributed by atoms with Crippen LogP contribution in [-0.2, 0) is 11.2 Å². The van der Waals surface area contributed by atoms with Gasteiger partial charge in [0.15, 0.2) is 0 Å². The molecule has 12 heavy (non-hydrogen) atoms. The Hall–Kier alpha value is -1.36. The smallest absolute Gasteiger partial charge is 0.242 e. The van der Waals surface area contributed by atoms with Gasteiger partial charge in [0.1, 0.15) is 5.82 Å². The Labute approximate surface area is 69.3 Å². The van der Waals surface area contributed by atoms with E-state index in [1.807, 2.05) is 0 Å². The lowest BCUT2D eigenvalue weighted by Crippen LogP contribution is -2.34. The summed E-state index contributed by atoms with van der Waals surface area (Å²) in [5.74, 6) is 0.547. The lowest BCUT2D eigenvalue weighted by atomic mass is 10.1. The summed E-state index contributed by atoms with van der Waals surface area (Å²) in [5.41, 5.74) is 6.59. The Morgan fingerprint density at radius 2 is 2.50 bits per heavy atom. The van der Waals surface area contributed by atoms with Crippen LogP contribution < -0.4 is 11.1 Å².